The van der Waals surface area contributed by atoms with Gasteiger partial charge in [0.2, 0.25) is 5.58 Å². The Morgan fingerprint density at radius 3 is 2.68 bits per heavy atom. The number of hydrogen-bond acceptors (Lipinski definition) is 8. The highest BCUT2D eigenvalue weighted by molar-refractivity contribution is 5.79. The minimum Gasteiger partial charge on any atom is -0.394 e. The summed E-state index contributed by atoms with van der Waals surface area (Å²) in [7, 11) is 0. The molecule has 0 saturated carbocycles. The van der Waals surface area contributed by atoms with E-state index >= 15 is 0 Å². The quantitative estimate of drug-likeness (QED) is 0.510. The number of aliphatic hydroxyl groups excluding tert-OH is 3. The molecule has 28 heavy (non-hydrogen) atoms. The lowest BCUT2D eigenvalue weighted by Crippen LogP contribution is -2.43. The molecule has 1 fully saturated rings. The summed E-state index contributed by atoms with van der Waals surface area (Å²) in [6, 6.07) is 5.27. The van der Waals surface area contributed by atoms with Crippen LogP contribution in [0.2, 0.25) is 0 Å². The Bertz CT molecular complexity index is 1140. The fraction of sp³-hybridized carbons (Fsp3) is 0.353. The first kappa shape index (κ1) is 18.5. The molecular formula is C17H16FN3O7. The number of aromatic nitrogens is 3. The minimum atomic E-state index is -1.48. The third-order valence-corrected chi connectivity index (χ3v) is 4.72. The zero-order valence-electron chi connectivity index (χ0n) is 14.3. The van der Waals surface area contributed by atoms with Gasteiger partial charge in [0.1, 0.15) is 24.0 Å². The van der Waals surface area contributed by atoms with Crippen LogP contribution in [0.4, 0.5) is 4.39 Å². The molecule has 4 rings (SSSR count). The molecule has 1 aliphatic rings. The minimum absolute atomic E-state index is 0.0923. The van der Waals surface area contributed by atoms with Gasteiger partial charge in [-0.1, -0.05) is 11.2 Å². The molecule has 1 aromatic carbocycles. The highest BCUT2D eigenvalue weighted by Gasteiger charge is 2.43. The van der Waals surface area contributed by atoms with Gasteiger partial charge in [0.15, 0.2) is 12.0 Å². The van der Waals surface area contributed by atoms with Crippen LogP contribution in [0.5, 0.6) is 0 Å². The van der Waals surface area contributed by atoms with Gasteiger partial charge >= 0.3 is 5.69 Å². The maximum Gasteiger partial charge on any atom is 0.333 e. The van der Waals surface area contributed by atoms with Gasteiger partial charge in [0.05, 0.1) is 13.2 Å². The van der Waals surface area contributed by atoms with Crippen molar-refractivity contribution in [3.05, 3.63) is 62.8 Å². The lowest BCUT2D eigenvalue weighted by molar-refractivity contribution is -0.0555. The van der Waals surface area contributed by atoms with Crippen LogP contribution in [0.25, 0.3) is 11.0 Å². The van der Waals surface area contributed by atoms with Crippen molar-refractivity contribution in [2.24, 2.45) is 0 Å². The lowest BCUT2D eigenvalue weighted by atomic mass is 10.1. The molecule has 3 aromatic rings. The molecule has 148 valence electrons. The third-order valence-electron chi connectivity index (χ3n) is 4.72. The summed E-state index contributed by atoms with van der Waals surface area (Å²) in [5.74, 6) is -0.624. The molecule has 0 radical (unpaired) electrons. The maximum atomic E-state index is 13.8. The van der Waals surface area contributed by atoms with Crippen molar-refractivity contribution < 1.29 is 29.0 Å². The second kappa shape index (κ2) is 6.95. The number of rotatable bonds is 4. The first-order valence-electron chi connectivity index (χ1n) is 8.39. The van der Waals surface area contributed by atoms with Gasteiger partial charge in [-0.3, -0.25) is 13.9 Å². The SMILES string of the molecule is O=c1ccn([C@@H]2O[C@H](CO)C(O)C2O)c(=O)n1Cc1noc2c(F)cccc12. The number of aliphatic hydroxyl groups is 3. The molecule has 1 saturated heterocycles. The van der Waals surface area contributed by atoms with Crippen molar-refractivity contribution in [1.82, 2.24) is 14.3 Å². The molecular weight excluding hydrogens is 377 g/mol. The Labute approximate surface area is 155 Å². The molecule has 10 nitrogen and oxygen atoms in total. The van der Waals surface area contributed by atoms with E-state index in [0.717, 1.165) is 21.4 Å². The zero-order chi connectivity index (χ0) is 20.0. The van der Waals surface area contributed by atoms with Crippen LogP contribution >= 0.6 is 0 Å². The molecule has 0 aliphatic carbocycles. The van der Waals surface area contributed by atoms with Crippen LogP contribution in [0.1, 0.15) is 11.9 Å². The number of halogens is 1. The number of para-hydroxylation sites is 1. The maximum absolute atomic E-state index is 13.8. The van der Waals surface area contributed by atoms with E-state index in [9.17, 15) is 29.3 Å². The van der Waals surface area contributed by atoms with Gasteiger partial charge in [-0.05, 0) is 12.1 Å². The second-order valence-electron chi connectivity index (χ2n) is 6.40. The standard InChI is InChI=1S/C17H16FN3O7/c18-9-3-1-2-8-10(19-28-15(8)9)6-21-12(23)4-5-20(17(21)26)16-14(25)13(24)11(7-22)27-16/h1-5,11,13-14,16,22,24-25H,6-7H2/t11-,13?,14?,16-/m1/s1. The number of nitrogens with zero attached hydrogens (tertiary/aromatic N) is 3. The molecule has 11 heteroatoms. The van der Waals surface area contributed by atoms with E-state index in [1.165, 1.54) is 12.1 Å². The first-order chi connectivity index (χ1) is 13.4. The Balaban J connectivity index is 1.75. The van der Waals surface area contributed by atoms with E-state index in [2.05, 4.69) is 5.16 Å². The summed E-state index contributed by atoms with van der Waals surface area (Å²) in [4.78, 5) is 25.0. The van der Waals surface area contributed by atoms with Crippen molar-refractivity contribution in [2.45, 2.75) is 31.1 Å². The Morgan fingerprint density at radius 2 is 1.96 bits per heavy atom. The average Bonchev–Trinajstić information content (AvgIpc) is 3.22. The molecule has 3 N–H and O–H groups in total. The van der Waals surface area contributed by atoms with Crippen molar-refractivity contribution in [2.75, 3.05) is 6.61 Å². The second-order valence-corrected chi connectivity index (χ2v) is 6.40. The molecule has 0 spiro atoms. The molecule has 0 amide bonds. The zero-order valence-corrected chi connectivity index (χ0v) is 14.3. The predicted octanol–water partition coefficient (Wildman–Crippen LogP) is -1.05. The number of benzene rings is 1. The van der Waals surface area contributed by atoms with Crippen molar-refractivity contribution in [3.8, 4) is 0 Å². The summed E-state index contributed by atoms with van der Waals surface area (Å²) >= 11 is 0. The van der Waals surface area contributed by atoms with E-state index in [0.29, 0.717) is 5.39 Å². The van der Waals surface area contributed by atoms with Crippen LogP contribution in [-0.2, 0) is 11.3 Å². The fourth-order valence-electron chi connectivity index (χ4n) is 3.22. The third kappa shape index (κ3) is 2.85. The van der Waals surface area contributed by atoms with Gasteiger partial charge in [-0.25, -0.2) is 9.18 Å². The average molecular weight is 393 g/mol. The van der Waals surface area contributed by atoms with E-state index < -0.39 is 48.2 Å². The van der Waals surface area contributed by atoms with E-state index in [4.69, 9.17) is 9.26 Å². The lowest BCUT2D eigenvalue weighted by Gasteiger charge is -2.18. The fourth-order valence-corrected chi connectivity index (χ4v) is 3.22. The monoisotopic (exact) mass is 393 g/mol. The number of ether oxygens (including phenoxy) is 1. The normalized spacial score (nSPS) is 24.9. The number of hydrogen-bond donors (Lipinski definition) is 3. The molecule has 3 heterocycles. The van der Waals surface area contributed by atoms with Crippen LogP contribution in [0, 0.1) is 5.82 Å². The predicted molar refractivity (Wildman–Crippen MR) is 91.0 cm³/mol. The topological polar surface area (TPSA) is 140 Å². The summed E-state index contributed by atoms with van der Waals surface area (Å²) in [5.41, 5.74) is -1.41. The van der Waals surface area contributed by atoms with Crippen LogP contribution in [0.15, 0.2) is 44.6 Å². The number of fused-ring (bicyclic) bond motifs is 1. The summed E-state index contributed by atoms with van der Waals surface area (Å²) < 4.78 is 25.8. The Hall–Kier alpha value is -2.86. The van der Waals surface area contributed by atoms with Crippen LogP contribution < -0.4 is 11.2 Å². The van der Waals surface area contributed by atoms with Crippen LogP contribution in [0.3, 0.4) is 0 Å². The Kier molecular flexibility index (Phi) is 4.59. The molecule has 0 bridgehead atoms. The van der Waals surface area contributed by atoms with E-state index in [1.807, 2.05) is 0 Å². The first-order valence-corrected chi connectivity index (χ1v) is 8.39. The highest BCUT2D eigenvalue weighted by atomic mass is 19.1. The summed E-state index contributed by atoms with van der Waals surface area (Å²) in [6.07, 6.45) is -4.12. The molecule has 2 aromatic heterocycles. The van der Waals surface area contributed by atoms with Crippen molar-refractivity contribution >= 4 is 11.0 Å². The molecule has 2 unspecified atom stereocenters. The van der Waals surface area contributed by atoms with Crippen LogP contribution in [-0.4, -0.2) is 54.5 Å². The molecule has 4 atom stereocenters. The van der Waals surface area contributed by atoms with E-state index in [-0.39, 0.29) is 17.8 Å². The molecule has 1 aliphatic heterocycles. The van der Waals surface area contributed by atoms with Gasteiger partial charge in [0, 0.05) is 17.6 Å². The van der Waals surface area contributed by atoms with Gasteiger partial charge in [0.25, 0.3) is 5.56 Å². The van der Waals surface area contributed by atoms with Crippen molar-refractivity contribution in [3.63, 3.8) is 0 Å². The summed E-state index contributed by atoms with van der Waals surface area (Å²) in [6.45, 7) is -0.858. The summed E-state index contributed by atoms with van der Waals surface area (Å²) in [5, 5.41) is 33.2. The highest BCUT2D eigenvalue weighted by Crippen LogP contribution is 2.28. The van der Waals surface area contributed by atoms with Gasteiger partial charge in [-0.2, -0.15) is 0 Å². The Morgan fingerprint density at radius 1 is 1.18 bits per heavy atom. The smallest absolute Gasteiger partial charge is 0.333 e. The largest absolute Gasteiger partial charge is 0.394 e. The van der Waals surface area contributed by atoms with E-state index in [1.54, 1.807) is 6.07 Å². The van der Waals surface area contributed by atoms with Gasteiger partial charge < -0.3 is 24.6 Å². The van der Waals surface area contributed by atoms with Crippen molar-refractivity contribution in [1.29, 1.82) is 0 Å². The van der Waals surface area contributed by atoms with Gasteiger partial charge in [-0.15, -0.1) is 0 Å².